The Bertz CT molecular complexity index is 1230. The summed E-state index contributed by atoms with van der Waals surface area (Å²) < 4.78 is 39.7. The second kappa shape index (κ2) is 11.6. The minimum Gasteiger partial charge on any atom is -0.497 e. The van der Waals surface area contributed by atoms with Crippen molar-refractivity contribution in [2.45, 2.75) is 35.8 Å². The van der Waals surface area contributed by atoms with Gasteiger partial charge in [0.05, 0.1) is 12.0 Å². The second-order valence-corrected chi connectivity index (χ2v) is 10.8. The Morgan fingerprint density at radius 3 is 2.31 bits per heavy atom. The number of rotatable bonds is 10. The van der Waals surface area contributed by atoms with E-state index in [0.29, 0.717) is 31.7 Å². The molecule has 0 radical (unpaired) electrons. The predicted molar refractivity (Wildman–Crippen MR) is 136 cm³/mol. The van der Waals surface area contributed by atoms with Crippen LogP contribution in [0.4, 0.5) is 0 Å². The van der Waals surface area contributed by atoms with Crippen LogP contribution in [0.1, 0.15) is 24.0 Å². The van der Waals surface area contributed by atoms with E-state index in [9.17, 15) is 13.2 Å². The molecule has 1 saturated heterocycles. The van der Waals surface area contributed by atoms with Crippen molar-refractivity contribution in [3.8, 4) is 5.75 Å². The van der Waals surface area contributed by atoms with E-state index in [-0.39, 0.29) is 18.0 Å². The highest BCUT2D eigenvalue weighted by Crippen LogP contribution is 2.38. The largest absolute Gasteiger partial charge is 0.497 e. The fourth-order valence-corrected chi connectivity index (χ4v) is 6.62. The lowest BCUT2D eigenvalue weighted by atomic mass is 9.89. The second-order valence-electron chi connectivity index (χ2n) is 8.71. The van der Waals surface area contributed by atoms with E-state index in [1.54, 1.807) is 36.7 Å². The van der Waals surface area contributed by atoms with Crippen LogP contribution in [-0.4, -0.2) is 44.4 Å². The summed E-state index contributed by atoms with van der Waals surface area (Å²) in [4.78, 5) is 16.1. The van der Waals surface area contributed by atoms with Gasteiger partial charge in [0.2, 0.25) is 14.7 Å². The summed E-state index contributed by atoms with van der Waals surface area (Å²) in [7, 11) is -2.73. The molecule has 1 aliphatic rings. The standard InChI is InChI=1S/C27H31N3O5S/c1-34-24-7-9-25(10-8-24)36(32,33)27(23-13-17-29-18-14-23,30-19-21-11-15-28-16-12-21)26(31)35-20-22-5-3-2-4-6-22/h2-12,15-16,23,29-30H,13-14,17-20H2,1H3/t27-/m1/s1. The number of aromatic nitrogens is 1. The summed E-state index contributed by atoms with van der Waals surface area (Å²) >= 11 is 0. The number of methoxy groups -OCH3 is 1. The summed E-state index contributed by atoms with van der Waals surface area (Å²) in [6.45, 7) is 1.34. The lowest BCUT2D eigenvalue weighted by molar-refractivity contribution is -0.151. The zero-order valence-corrected chi connectivity index (χ0v) is 21.0. The van der Waals surface area contributed by atoms with Crippen LogP contribution in [0.3, 0.4) is 0 Å². The van der Waals surface area contributed by atoms with Gasteiger partial charge in [-0.05, 0) is 73.5 Å². The molecule has 0 aliphatic carbocycles. The van der Waals surface area contributed by atoms with E-state index in [1.165, 1.54) is 19.2 Å². The first-order chi connectivity index (χ1) is 17.5. The van der Waals surface area contributed by atoms with Crippen molar-refractivity contribution in [2.24, 2.45) is 5.92 Å². The summed E-state index contributed by atoms with van der Waals surface area (Å²) in [6.07, 6.45) is 4.27. The molecule has 9 heteroatoms. The average Bonchev–Trinajstić information content (AvgIpc) is 2.94. The van der Waals surface area contributed by atoms with E-state index in [0.717, 1.165) is 11.1 Å². The normalized spacial score (nSPS) is 16.1. The highest BCUT2D eigenvalue weighted by atomic mass is 32.2. The first-order valence-electron chi connectivity index (χ1n) is 11.9. The maximum Gasteiger partial charge on any atom is 0.343 e. The van der Waals surface area contributed by atoms with Crippen LogP contribution in [0.2, 0.25) is 0 Å². The number of hydrogen-bond donors (Lipinski definition) is 2. The van der Waals surface area contributed by atoms with Crippen molar-refractivity contribution < 1.29 is 22.7 Å². The molecule has 2 N–H and O–H groups in total. The van der Waals surface area contributed by atoms with Crippen LogP contribution in [0.25, 0.3) is 0 Å². The molecule has 0 amide bonds. The number of nitrogens with zero attached hydrogens (tertiary/aromatic N) is 1. The lowest BCUT2D eigenvalue weighted by Gasteiger charge is -2.40. The van der Waals surface area contributed by atoms with Crippen LogP contribution < -0.4 is 15.4 Å². The van der Waals surface area contributed by atoms with Gasteiger partial charge in [0.1, 0.15) is 12.4 Å². The maximum atomic E-state index is 14.4. The van der Waals surface area contributed by atoms with E-state index in [1.807, 2.05) is 30.3 Å². The summed E-state index contributed by atoms with van der Waals surface area (Å²) in [5, 5.41) is 6.44. The van der Waals surface area contributed by atoms with Crippen molar-refractivity contribution in [3.63, 3.8) is 0 Å². The Labute approximate surface area is 212 Å². The van der Waals surface area contributed by atoms with Gasteiger partial charge in [0.25, 0.3) is 0 Å². The molecular formula is C27H31N3O5S. The zero-order valence-electron chi connectivity index (χ0n) is 20.2. The Hall–Kier alpha value is -3.27. The summed E-state index contributed by atoms with van der Waals surface area (Å²) in [5.41, 5.74) is 1.59. The molecule has 0 bridgehead atoms. The number of carbonyl (C=O) groups excluding carboxylic acids is 1. The van der Waals surface area contributed by atoms with Crippen molar-refractivity contribution in [1.29, 1.82) is 0 Å². The zero-order chi connectivity index (χ0) is 25.4. The SMILES string of the molecule is COc1ccc(S(=O)(=O)[C@@](NCc2ccncc2)(C(=O)OCc2ccccc2)C2CCNCC2)cc1. The van der Waals surface area contributed by atoms with Crippen molar-refractivity contribution in [3.05, 3.63) is 90.3 Å². The van der Waals surface area contributed by atoms with Gasteiger partial charge < -0.3 is 14.8 Å². The van der Waals surface area contributed by atoms with Crippen LogP contribution in [0, 0.1) is 5.92 Å². The fraction of sp³-hybridized carbons (Fsp3) is 0.333. The van der Waals surface area contributed by atoms with Crippen molar-refractivity contribution >= 4 is 15.8 Å². The van der Waals surface area contributed by atoms with Gasteiger partial charge in [-0.25, -0.2) is 13.2 Å². The minimum atomic E-state index is -4.25. The molecule has 8 nitrogen and oxygen atoms in total. The Morgan fingerprint density at radius 1 is 1.00 bits per heavy atom. The molecule has 0 saturated carbocycles. The third-order valence-electron chi connectivity index (χ3n) is 6.53. The van der Waals surface area contributed by atoms with Gasteiger partial charge in [-0.3, -0.25) is 10.3 Å². The number of hydrogen-bond acceptors (Lipinski definition) is 8. The topological polar surface area (TPSA) is 107 Å². The quantitative estimate of drug-likeness (QED) is 0.402. The molecule has 1 aromatic heterocycles. The molecule has 2 aromatic carbocycles. The van der Waals surface area contributed by atoms with Crippen LogP contribution in [0.5, 0.6) is 5.75 Å². The summed E-state index contributed by atoms with van der Waals surface area (Å²) in [6, 6.07) is 18.9. The van der Waals surface area contributed by atoms with Gasteiger partial charge in [-0.15, -0.1) is 0 Å². The molecule has 2 heterocycles. The predicted octanol–water partition coefficient (Wildman–Crippen LogP) is 3.09. The maximum absolute atomic E-state index is 14.4. The first kappa shape index (κ1) is 25.8. The third-order valence-corrected chi connectivity index (χ3v) is 8.91. The molecule has 190 valence electrons. The first-order valence-corrected chi connectivity index (χ1v) is 13.4. The van der Waals surface area contributed by atoms with Gasteiger partial charge in [0, 0.05) is 24.9 Å². The number of pyridine rings is 1. The lowest BCUT2D eigenvalue weighted by Crippen LogP contribution is -2.64. The van der Waals surface area contributed by atoms with E-state index in [4.69, 9.17) is 9.47 Å². The molecular weight excluding hydrogens is 478 g/mol. The number of carbonyl (C=O) groups is 1. The third kappa shape index (κ3) is 5.43. The molecule has 0 unspecified atom stereocenters. The monoisotopic (exact) mass is 509 g/mol. The molecule has 36 heavy (non-hydrogen) atoms. The van der Waals surface area contributed by atoms with Crippen molar-refractivity contribution in [2.75, 3.05) is 20.2 Å². The van der Waals surface area contributed by atoms with Gasteiger partial charge in [0.15, 0.2) is 0 Å². The number of benzene rings is 2. The van der Waals surface area contributed by atoms with Crippen LogP contribution in [0.15, 0.2) is 84.0 Å². The molecule has 3 aromatic rings. The number of esters is 1. The molecule has 0 spiro atoms. The molecule has 1 atom stereocenters. The number of piperidine rings is 1. The fourth-order valence-electron chi connectivity index (χ4n) is 4.54. The smallest absolute Gasteiger partial charge is 0.343 e. The van der Waals surface area contributed by atoms with E-state index < -0.39 is 26.6 Å². The Balaban J connectivity index is 1.78. The Morgan fingerprint density at radius 2 is 1.67 bits per heavy atom. The number of nitrogens with one attached hydrogen (secondary N) is 2. The highest BCUT2D eigenvalue weighted by Gasteiger charge is 2.58. The number of sulfone groups is 1. The number of ether oxygens (including phenoxy) is 2. The van der Waals surface area contributed by atoms with Gasteiger partial charge in [-0.1, -0.05) is 30.3 Å². The highest BCUT2D eigenvalue weighted by molar-refractivity contribution is 7.93. The van der Waals surface area contributed by atoms with Crippen LogP contribution >= 0.6 is 0 Å². The van der Waals surface area contributed by atoms with Crippen LogP contribution in [-0.2, 0) is 32.5 Å². The van der Waals surface area contributed by atoms with Gasteiger partial charge >= 0.3 is 5.97 Å². The Kier molecular flexibility index (Phi) is 8.35. The van der Waals surface area contributed by atoms with E-state index >= 15 is 0 Å². The average molecular weight is 510 g/mol. The molecule has 1 fully saturated rings. The molecule has 1 aliphatic heterocycles. The summed E-state index contributed by atoms with van der Waals surface area (Å²) in [5.74, 6) is -0.781. The molecule has 4 rings (SSSR count). The van der Waals surface area contributed by atoms with E-state index in [2.05, 4.69) is 15.6 Å². The van der Waals surface area contributed by atoms with Gasteiger partial charge in [-0.2, -0.15) is 0 Å². The minimum absolute atomic E-state index is 0.0263. The van der Waals surface area contributed by atoms with Crippen molar-refractivity contribution in [1.82, 2.24) is 15.6 Å².